The van der Waals surface area contributed by atoms with Crippen LogP contribution in [0.3, 0.4) is 0 Å². The van der Waals surface area contributed by atoms with Crippen LogP contribution >= 0.6 is 0 Å². The molecular weight excluding hydrogens is 686 g/mol. The summed E-state index contributed by atoms with van der Waals surface area (Å²) in [5.74, 6) is 3.70. The van der Waals surface area contributed by atoms with Crippen LogP contribution in [-0.4, -0.2) is 14.5 Å². The van der Waals surface area contributed by atoms with E-state index in [1.165, 1.54) is 82.6 Å². The van der Waals surface area contributed by atoms with E-state index in [2.05, 4.69) is 102 Å². The Labute approximate surface area is 324 Å². The zero-order valence-electron chi connectivity index (χ0n) is 30.9. The van der Waals surface area contributed by atoms with Crippen LogP contribution in [0.5, 0.6) is 0 Å². The highest BCUT2D eigenvalue weighted by atomic mass is 19.1. The fourth-order valence-electron chi connectivity index (χ4n) is 12.5. The van der Waals surface area contributed by atoms with Crippen molar-refractivity contribution in [3.8, 4) is 39.5 Å². The molecule has 0 radical (unpaired) electrons. The van der Waals surface area contributed by atoms with Gasteiger partial charge in [-0.15, -0.1) is 0 Å². The van der Waals surface area contributed by atoms with E-state index in [1.807, 2.05) is 24.3 Å². The molecule has 4 heteroatoms. The van der Waals surface area contributed by atoms with Crippen molar-refractivity contribution in [1.82, 2.24) is 14.5 Å². The number of hydrogen-bond acceptors (Lipinski definition) is 2. The largest absolute Gasteiger partial charge is 0.277 e. The number of hydrogen-bond donors (Lipinski definition) is 0. The van der Waals surface area contributed by atoms with Gasteiger partial charge in [-0.3, -0.25) is 4.57 Å². The lowest BCUT2D eigenvalue weighted by atomic mass is 9.43. The second-order valence-corrected chi connectivity index (χ2v) is 17.1. The minimum atomic E-state index is -0.267. The zero-order chi connectivity index (χ0) is 36.7. The van der Waals surface area contributed by atoms with Crippen molar-refractivity contribution in [3.05, 3.63) is 163 Å². The third-order valence-electron chi connectivity index (χ3n) is 14.4. The smallest absolute Gasteiger partial charge is 0.235 e. The molecule has 5 aliphatic rings. The maximum absolute atomic E-state index is 14.1. The lowest BCUT2D eigenvalue weighted by Crippen LogP contribution is -2.55. The first-order valence-corrected chi connectivity index (χ1v) is 20.4. The highest BCUT2D eigenvalue weighted by Crippen LogP contribution is 2.69. The minimum Gasteiger partial charge on any atom is -0.277 e. The Morgan fingerprint density at radius 3 is 2.04 bits per heavy atom. The molecule has 268 valence electrons. The molecule has 0 atom stereocenters. The topological polar surface area (TPSA) is 30.7 Å². The van der Waals surface area contributed by atoms with E-state index < -0.39 is 0 Å². The molecule has 2 aromatic heterocycles. The van der Waals surface area contributed by atoms with Gasteiger partial charge in [-0.25, -0.2) is 14.4 Å². The van der Waals surface area contributed by atoms with E-state index in [0.29, 0.717) is 5.95 Å². The van der Waals surface area contributed by atoms with Gasteiger partial charge >= 0.3 is 0 Å². The molecule has 1 spiro atoms. The van der Waals surface area contributed by atoms with Crippen molar-refractivity contribution in [2.75, 3.05) is 0 Å². The maximum Gasteiger partial charge on any atom is 0.235 e. The lowest BCUT2D eigenvalue weighted by molar-refractivity contribution is -0.0399. The summed E-state index contributed by atoms with van der Waals surface area (Å²) in [7, 11) is 0. The molecule has 3 nitrogen and oxygen atoms in total. The summed E-state index contributed by atoms with van der Waals surface area (Å²) in [4.78, 5) is 10.5. The number of rotatable bonds is 3. The number of aromatic nitrogens is 3. The van der Waals surface area contributed by atoms with Gasteiger partial charge in [-0.1, -0.05) is 97.1 Å². The molecule has 4 saturated carbocycles. The molecular formula is C52H38FN3. The third kappa shape index (κ3) is 4.11. The summed E-state index contributed by atoms with van der Waals surface area (Å²) < 4.78 is 16.4. The second-order valence-electron chi connectivity index (χ2n) is 17.1. The molecule has 0 unspecified atom stereocenters. The fourth-order valence-corrected chi connectivity index (χ4v) is 12.5. The van der Waals surface area contributed by atoms with Crippen molar-refractivity contribution in [1.29, 1.82) is 0 Å². The maximum atomic E-state index is 14.1. The first-order valence-electron chi connectivity index (χ1n) is 20.4. The number of para-hydroxylation sites is 1. The molecule has 4 fully saturated rings. The summed E-state index contributed by atoms with van der Waals surface area (Å²) in [6.45, 7) is 0. The van der Waals surface area contributed by atoms with Crippen molar-refractivity contribution < 1.29 is 4.39 Å². The molecule has 56 heavy (non-hydrogen) atoms. The van der Waals surface area contributed by atoms with Gasteiger partial charge in [0.2, 0.25) is 5.95 Å². The quantitative estimate of drug-likeness (QED) is 0.182. The Morgan fingerprint density at radius 2 is 1.20 bits per heavy atom. The Morgan fingerprint density at radius 1 is 0.518 bits per heavy atom. The molecule has 7 aromatic carbocycles. The van der Waals surface area contributed by atoms with Crippen LogP contribution in [0.4, 0.5) is 4.39 Å². The Hall–Kier alpha value is -6.13. The van der Waals surface area contributed by atoms with E-state index in [0.717, 1.165) is 62.3 Å². The molecule has 5 aliphatic carbocycles. The van der Waals surface area contributed by atoms with E-state index in [4.69, 9.17) is 9.97 Å². The summed E-state index contributed by atoms with van der Waals surface area (Å²) in [5.41, 5.74) is 13.3. The van der Waals surface area contributed by atoms with Gasteiger partial charge in [0.1, 0.15) is 5.82 Å². The SMILES string of the molecule is Fc1ccc(-c2nc(-n3c4ccc(-c5ccc6c(c5)-c5ccccc5C65C6CC7CC(C6)CC5C7)cc4c4ccc5ccccc5c43)nc3ccccc23)cc1. The highest BCUT2D eigenvalue weighted by molar-refractivity contribution is 6.19. The molecule has 0 N–H and O–H groups in total. The van der Waals surface area contributed by atoms with Crippen molar-refractivity contribution in [3.63, 3.8) is 0 Å². The Bertz CT molecular complexity index is 3090. The summed E-state index contributed by atoms with van der Waals surface area (Å²) in [6.07, 6.45) is 7.04. The van der Waals surface area contributed by atoms with Gasteiger partial charge in [-0.2, -0.15) is 0 Å². The van der Waals surface area contributed by atoms with E-state index >= 15 is 0 Å². The van der Waals surface area contributed by atoms with Crippen molar-refractivity contribution in [2.45, 2.75) is 37.5 Å². The number of halogens is 1. The van der Waals surface area contributed by atoms with E-state index in [1.54, 1.807) is 23.3 Å². The normalized spacial score (nSPS) is 23.2. The lowest BCUT2D eigenvalue weighted by Gasteiger charge is -2.61. The van der Waals surface area contributed by atoms with Gasteiger partial charge < -0.3 is 0 Å². The molecule has 2 heterocycles. The first kappa shape index (κ1) is 31.1. The number of benzene rings is 7. The van der Waals surface area contributed by atoms with E-state index in [9.17, 15) is 4.39 Å². The Balaban J connectivity index is 1.03. The first-order chi connectivity index (χ1) is 27.6. The summed E-state index contributed by atoms with van der Waals surface area (Å²) >= 11 is 0. The molecule has 0 saturated heterocycles. The molecule has 9 aromatic rings. The average molecular weight is 724 g/mol. The molecule has 0 aliphatic heterocycles. The summed E-state index contributed by atoms with van der Waals surface area (Å²) in [5, 5.41) is 5.59. The van der Waals surface area contributed by atoms with Crippen LogP contribution in [0.25, 0.3) is 82.9 Å². The zero-order valence-corrected chi connectivity index (χ0v) is 30.9. The molecule has 4 bridgehead atoms. The third-order valence-corrected chi connectivity index (χ3v) is 14.4. The van der Waals surface area contributed by atoms with Gasteiger partial charge in [0.15, 0.2) is 0 Å². The van der Waals surface area contributed by atoms with Crippen LogP contribution in [0, 0.1) is 29.5 Å². The van der Waals surface area contributed by atoms with Gasteiger partial charge in [0, 0.05) is 32.5 Å². The molecule has 14 rings (SSSR count). The Kier molecular flexibility index (Phi) is 6.24. The minimum absolute atomic E-state index is 0.170. The van der Waals surface area contributed by atoms with Crippen LogP contribution in [0.2, 0.25) is 0 Å². The fraction of sp³-hybridized carbons (Fsp3) is 0.192. The second kappa shape index (κ2) is 11.2. The van der Waals surface area contributed by atoms with Crippen LogP contribution in [0.15, 0.2) is 146 Å². The summed E-state index contributed by atoms with van der Waals surface area (Å²) in [6, 6.07) is 51.6. The van der Waals surface area contributed by atoms with Crippen LogP contribution < -0.4 is 0 Å². The highest BCUT2D eigenvalue weighted by Gasteiger charge is 2.61. The van der Waals surface area contributed by atoms with Gasteiger partial charge in [-0.05, 0) is 143 Å². The standard InChI is InChI=1S/C52H38FN3/c53-38-18-13-33(14-19-38)49-42-10-4-6-12-47(42)54-51(55-49)56-48-22-17-35(29-44(48)41-20-15-32-7-1-2-8-39(32)50(41)56)34-16-21-46-43(28-34)40-9-3-5-11-45(40)52(46)36-24-30-23-31(26-36)27-37(52)25-30/h1-22,28-31,36-37H,23-27H2. The number of fused-ring (bicyclic) bond motifs is 9. The predicted molar refractivity (Wildman–Crippen MR) is 225 cm³/mol. The van der Waals surface area contributed by atoms with Crippen LogP contribution in [-0.2, 0) is 5.41 Å². The monoisotopic (exact) mass is 723 g/mol. The average Bonchev–Trinajstić information content (AvgIpc) is 3.73. The number of nitrogens with zero attached hydrogens (tertiary/aromatic N) is 3. The van der Waals surface area contributed by atoms with Crippen LogP contribution in [0.1, 0.15) is 43.2 Å². The molecule has 0 amide bonds. The predicted octanol–water partition coefficient (Wildman–Crippen LogP) is 13.1. The van der Waals surface area contributed by atoms with Gasteiger partial charge in [0.05, 0.1) is 22.2 Å². The van der Waals surface area contributed by atoms with Crippen molar-refractivity contribution in [2.24, 2.45) is 23.7 Å². The van der Waals surface area contributed by atoms with Crippen molar-refractivity contribution >= 4 is 43.5 Å². The van der Waals surface area contributed by atoms with E-state index in [-0.39, 0.29) is 11.2 Å². The van der Waals surface area contributed by atoms with Gasteiger partial charge in [0.25, 0.3) is 0 Å².